The van der Waals surface area contributed by atoms with Gasteiger partial charge in [0, 0.05) is 11.0 Å². The van der Waals surface area contributed by atoms with Gasteiger partial charge in [-0.15, -0.1) is 0 Å². The first-order chi connectivity index (χ1) is 6.68. The number of benzene rings is 1. The Balaban J connectivity index is 2.25. The molecule has 2 nitrogen and oxygen atoms in total. The van der Waals surface area contributed by atoms with Gasteiger partial charge in [0.15, 0.2) is 0 Å². The molecule has 0 radical (unpaired) electrons. The van der Waals surface area contributed by atoms with Gasteiger partial charge in [-0.3, -0.25) is 0 Å². The van der Waals surface area contributed by atoms with Crippen molar-refractivity contribution in [2.24, 2.45) is 5.92 Å². The minimum absolute atomic E-state index is 0.560. The van der Waals surface area contributed by atoms with Gasteiger partial charge in [0.2, 0.25) is 0 Å². The molecule has 3 heteroatoms. The Hall–Kier alpha value is -0.380. The van der Waals surface area contributed by atoms with Crippen LogP contribution in [0.1, 0.15) is 19.4 Å². The van der Waals surface area contributed by atoms with Gasteiger partial charge in [-0.2, -0.15) is 5.48 Å². The number of hydrogen-bond acceptors (Lipinski definition) is 2. The molecule has 0 aliphatic heterocycles. The molecular formula is C11H16BrNO. The smallest absolute Gasteiger partial charge is 0.0705 e. The van der Waals surface area contributed by atoms with E-state index in [-0.39, 0.29) is 0 Å². The first-order valence-electron chi connectivity index (χ1n) is 4.77. The topological polar surface area (TPSA) is 21.3 Å². The van der Waals surface area contributed by atoms with Crippen LogP contribution in [0.5, 0.6) is 0 Å². The molecule has 1 aromatic carbocycles. The Bertz CT molecular complexity index is 276. The Morgan fingerprint density at radius 2 is 2.21 bits per heavy atom. The molecule has 78 valence electrons. The highest BCUT2D eigenvalue weighted by Crippen LogP contribution is 2.11. The fraction of sp³-hybridized carbons (Fsp3) is 0.455. The Kier molecular flexibility index (Phi) is 5.15. The predicted molar refractivity (Wildman–Crippen MR) is 61.8 cm³/mol. The highest BCUT2D eigenvalue weighted by Gasteiger charge is 1.95. The quantitative estimate of drug-likeness (QED) is 0.647. The van der Waals surface area contributed by atoms with Crippen LogP contribution in [-0.2, 0) is 11.4 Å². The van der Waals surface area contributed by atoms with Crippen molar-refractivity contribution in [1.29, 1.82) is 0 Å². The van der Waals surface area contributed by atoms with E-state index in [0.29, 0.717) is 5.92 Å². The van der Waals surface area contributed by atoms with E-state index < -0.39 is 0 Å². The molecule has 0 atom stereocenters. The summed E-state index contributed by atoms with van der Waals surface area (Å²) in [5, 5.41) is 0. The molecule has 1 N–H and O–H groups in total. The van der Waals surface area contributed by atoms with Crippen molar-refractivity contribution in [2.45, 2.75) is 20.4 Å². The molecule has 0 fully saturated rings. The van der Waals surface area contributed by atoms with Crippen molar-refractivity contribution in [3.05, 3.63) is 34.3 Å². The van der Waals surface area contributed by atoms with Crippen molar-refractivity contribution < 1.29 is 4.84 Å². The number of nitrogens with one attached hydrogen (secondary N) is 1. The molecule has 0 saturated heterocycles. The van der Waals surface area contributed by atoms with E-state index in [0.717, 1.165) is 17.6 Å². The maximum Gasteiger partial charge on any atom is 0.0705 e. The van der Waals surface area contributed by atoms with Crippen LogP contribution < -0.4 is 5.48 Å². The third-order valence-electron chi connectivity index (χ3n) is 1.68. The minimum Gasteiger partial charge on any atom is -0.301 e. The van der Waals surface area contributed by atoms with Gasteiger partial charge < -0.3 is 4.84 Å². The minimum atomic E-state index is 0.560. The fourth-order valence-corrected chi connectivity index (χ4v) is 1.45. The van der Waals surface area contributed by atoms with Crippen LogP contribution in [-0.4, -0.2) is 6.61 Å². The second-order valence-corrected chi connectivity index (χ2v) is 4.57. The number of rotatable bonds is 5. The second kappa shape index (κ2) is 6.17. The highest BCUT2D eigenvalue weighted by atomic mass is 79.9. The molecule has 0 amide bonds. The lowest BCUT2D eigenvalue weighted by molar-refractivity contribution is 0.0196. The predicted octanol–water partition coefficient (Wildman–Crippen LogP) is 3.13. The standard InChI is InChI=1S/C11H16BrNO/c1-9(2)8-14-13-7-10-4-3-5-11(12)6-10/h3-6,9,13H,7-8H2,1-2H3. The summed E-state index contributed by atoms with van der Waals surface area (Å²) in [6.45, 7) is 5.74. The van der Waals surface area contributed by atoms with E-state index in [1.165, 1.54) is 5.56 Å². The molecule has 0 aromatic heterocycles. The molecule has 0 bridgehead atoms. The monoisotopic (exact) mass is 257 g/mol. The molecule has 0 spiro atoms. The summed E-state index contributed by atoms with van der Waals surface area (Å²) in [6, 6.07) is 8.17. The number of hydrogen-bond donors (Lipinski definition) is 1. The third-order valence-corrected chi connectivity index (χ3v) is 2.18. The molecule has 0 aliphatic rings. The van der Waals surface area contributed by atoms with E-state index in [1.54, 1.807) is 0 Å². The third kappa shape index (κ3) is 4.74. The van der Waals surface area contributed by atoms with E-state index in [1.807, 2.05) is 12.1 Å². The average Bonchev–Trinajstić information content (AvgIpc) is 2.12. The lowest BCUT2D eigenvalue weighted by atomic mass is 10.2. The maximum absolute atomic E-state index is 5.27. The second-order valence-electron chi connectivity index (χ2n) is 3.66. The van der Waals surface area contributed by atoms with E-state index in [4.69, 9.17) is 4.84 Å². The van der Waals surface area contributed by atoms with Crippen LogP contribution in [0.4, 0.5) is 0 Å². The maximum atomic E-state index is 5.27. The van der Waals surface area contributed by atoms with E-state index in [2.05, 4.69) is 47.4 Å². The van der Waals surface area contributed by atoms with Gasteiger partial charge in [-0.05, 0) is 23.6 Å². The van der Waals surface area contributed by atoms with Crippen molar-refractivity contribution in [1.82, 2.24) is 5.48 Å². The van der Waals surface area contributed by atoms with Gasteiger partial charge in [0.1, 0.15) is 0 Å². The van der Waals surface area contributed by atoms with Gasteiger partial charge in [0.05, 0.1) is 6.61 Å². The molecule has 0 saturated carbocycles. The zero-order chi connectivity index (χ0) is 10.4. The molecule has 0 aliphatic carbocycles. The Morgan fingerprint density at radius 3 is 2.86 bits per heavy atom. The largest absolute Gasteiger partial charge is 0.301 e. The van der Waals surface area contributed by atoms with Crippen molar-refractivity contribution in [2.75, 3.05) is 6.61 Å². The van der Waals surface area contributed by atoms with E-state index >= 15 is 0 Å². The summed E-state index contributed by atoms with van der Waals surface area (Å²) in [4.78, 5) is 5.27. The summed E-state index contributed by atoms with van der Waals surface area (Å²) in [5.74, 6) is 0.560. The van der Waals surface area contributed by atoms with Gasteiger partial charge in [0.25, 0.3) is 0 Å². The zero-order valence-corrected chi connectivity index (χ0v) is 10.2. The van der Waals surface area contributed by atoms with Crippen molar-refractivity contribution in [3.8, 4) is 0 Å². The molecule has 0 unspecified atom stereocenters. The van der Waals surface area contributed by atoms with Crippen LogP contribution in [0, 0.1) is 5.92 Å². The SMILES string of the molecule is CC(C)CONCc1cccc(Br)c1. The summed E-state index contributed by atoms with van der Waals surface area (Å²) >= 11 is 3.43. The molecule has 1 aromatic rings. The summed E-state index contributed by atoms with van der Waals surface area (Å²) in [6.07, 6.45) is 0. The van der Waals surface area contributed by atoms with Crippen molar-refractivity contribution in [3.63, 3.8) is 0 Å². The normalized spacial score (nSPS) is 10.9. The van der Waals surface area contributed by atoms with Gasteiger partial charge in [-0.1, -0.05) is 41.9 Å². The summed E-state index contributed by atoms with van der Waals surface area (Å²) in [7, 11) is 0. The molecular weight excluding hydrogens is 242 g/mol. The first kappa shape index (κ1) is 11.7. The van der Waals surface area contributed by atoms with Crippen LogP contribution in [0.2, 0.25) is 0 Å². The zero-order valence-electron chi connectivity index (χ0n) is 8.59. The van der Waals surface area contributed by atoms with Crippen LogP contribution in [0.15, 0.2) is 28.7 Å². The Morgan fingerprint density at radius 1 is 1.43 bits per heavy atom. The average molecular weight is 258 g/mol. The highest BCUT2D eigenvalue weighted by molar-refractivity contribution is 9.10. The number of hydroxylamine groups is 1. The van der Waals surface area contributed by atoms with Crippen LogP contribution in [0.25, 0.3) is 0 Å². The molecule has 14 heavy (non-hydrogen) atoms. The molecule has 1 rings (SSSR count). The Labute approximate surface area is 93.7 Å². The molecule has 0 heterocycles. The van der Waals surface area contributed by atoms with Crippen LogP contribution in [0.3, 0.4) is 0 Å². The van der Waals surface area contributed by atoms with Crippen molar-refractivity contribution >= 4 is 15.9 Å². The fourth-order valence-electron chi connectivity index (χ4n) is 1.01. The van der Waals surface area contributed by atoms with Gasteiger partial charge in [-0.25, -0.2) is 0 Å². The first-order valence-corrected chi connectivity index (χ1v) is 5.57. The number of halogens is 1. The summed E-state index contributed by atoms with van der Waals surface area (Å²) in [5.41, 5.74) is 4.15. The van der Waals surface area contributed by atoms with Gasteiger partial charge >= 0.3 is 0 Å². The lowest BCUT2D eigenvalue weighted by Gasteiger charge is -2.07. The van der Waals surface area contributed by atoms with E-state index in [9.17, 15) is 0 Å². The lowest BCUT2D eigenvalue weighted by Crippen LogP contribution is -2.17. The van der Waals surface area contributed by atoms with Crippen LogP contribution >= 0.6 is 15.9 Å². The summed E-state index contributed by atoms with van der Waals surface area (Å²) < 4.78 is 1.10.